The third-order valence-electron chi connectivity index (χ3n) is 5.08. The molecule has 1 atom stereocenters. The van der Waals surface area contributed by atoms with Gasteiger partial charge in [-0.3, -0.25) is 4.79 Å². The zero-order chi connectivity index (χ0) is 21.1. The van der Waals surface area contributed by atoms with E-state index in [1.807, 2.05) is 56.3 Å². The Hall–Kier alpha value is -2.93. The number of nitrogens with zero attached hydrogens (tertiary/aromatic N) is 1. The van der Waals surface area contributed by atoms with E-state index in [9.17, 15) is 4.79 Å². The molecule has 2 N–H and O–H groups in total. The van der Waals surface area contributed by atoms with Gasteiger partial charge in [0.25, 0.3) is 5.91 Å². The summed E-state index contributed by atoms with van der Waals surface area (Å²) in [5, 5.41) is 4.00. The van der Waals surface area contributed by atoms with Crippen LogP contribution in [0, 0.1) is 6.92 Å². The lowest BCUT2D eigenvalue weighted by Gasteiger charge is -2.15. The van der Waals surface area contributed by atoms with Crippen LogP contribution in [0.25, 0.3) is 22.0 Å². The lowest BCUT2D eigenvalue weighted by molar-refractivity contribution is 0.0907. The average molecular weight is 424 g/mol. The number of para-hydroxylation sites is 2. The zero-order valence-electron chi connectivity index (χ0n) is 17.3. The molecule has 0 bridgehead atoms. The first-order chi connectivity index (χ1) is 14.6. The van der Waals surface area contributed by atoms with Crippen molar-refractivity contribution >= 4 is 39.7 Å². The van der Waals surface area contributed by atoms with E-state index in [-0.39, 0.29) is 11.9 Å². The predicted molar refractivity (Wildman–Crippen MR) is 121 cm³/mol. The molecule has 0 radical (unpaired) electrons. The van der Waals surface area contributed by atoms with E-state index in [0.29, 0.717) is 18.0 Å². The van der Waals surface area contributed by atoms with Crippen molar-refractivity contribution in [3.63, 3.8) is 0 Å². The van der Waals surface area contributed by atoms with Crippen LogP contribution in [-0.2, 0) is 0 Å². The number of hydrogen-bond acceptors (Lipinski definition) is 5. The van der Waals surface area contributed by atoms with Gasteiger partial charge in [0, 0.05) is 10.9 Å². The van der Waals surface area contributed by atoms with Crippen LogP contribution in [0.15, 0.2) is 46.9 Å². The molecule has 0 aliphatic heterocycles. The van der Waals surface area contributed by atoms with E-state index in [4.69, 9.17) is 9.15 Å². The number of imidazole rings is 1. The molecule has 7 heteroatoms. The molecule has 4 aromatic rings. The van der Waals surface area contributed by atoms with Crippen molar-refractivity contribution in [1.82, 2.24) is 15.3 Å². The van der Waals surface area contributed by atoms with Crippen molar-refractivity contribution in [3.05, 3.63) is 59.6 Å². The number of carbonyl (C=O) groups excluding carboxylic acids is 1. The van der Waals surface area contributed by atoms with Crippen molar-refractivity contribution < 1.29 is 13.9 Å². The van der Waals surface area contributed by atoms with Gasteiger partial charge in [-0.15, -0.1) is 0 Å². The highest BCUT2D eigenvalue weighted by Gasteiger charge is 2.23. The molecule has 0 aliphatic rings. The lowest BCUT2D eigenvalue weighted by atomic mass is 10.1. The largest absolute Gasteiger partial charge is 0.494 e. The van der Waals surface area contributed by atoms with E-state index in [0.717, 1.165) is 45.7 Å². The Labute approximate surface area is 179 Å². The minimum Gasteiger partial charge on any atom is -0.494 e. The van der Waals surface area contributed by atoms with Crippen LogP contribution in [0.2, 0.25) is 0 Å². The Morgan fingerprint density at radius 1 is 1.30 bits per heavy atom. The fraction of sp³-hybridized carbons (Fsp3) is 0.304. The van der Waals surface area contributed by atoms with Crippen molar-refractivity contribution in [2.24, 2.45) is 0 Å². The Bertz CT molecular complexity index is 1150. The van der Waals surface area contributed by atoms with Gasteiger partial charge >= 0.3 is 0 Å². The summed E-state index contributed by atoms with van der Waals surface area (Å²) in [5.74, 6) is 2.50. The second-order valence-electron chi connectivity index (χ2n) is 7.09. The summed E-state index contributed by atoms with van der Waals surface area (Å²) in [6.45, 7) is 4.43. The lowest BCUT2D eigenvalue weighted by Crippen LogP contribution is -2.30. The first-order valence-electron chi connectivity index (χ1n) is 10.0. The van der Waals surface area contributed by atoms with E-state index in [1.54, 1.807) is 11.8 Å². The Kier molecular flexibility index (Phi) is 5.99. The first kappa shape index (κ1) is 20.3. The van der Waals surface area contributed by atoms with Crippen molar-refractivity contribution in [1.29, 1.82) is 0 Å². The van der Waals surface area contributed by atoms with Gasteiger partial charge in [-0.05, 0) is 62.6 Å². The van der Waals surface area contributed by atoms with Gasteiger partial charge in [-0.2, -0.15) is 11.8 Å². The summed E-state index contributed by atoms with van der Waals surface area (Å²) in [4.78, 5) is 21.1. The standard InChI is InChI=1S/C23H25N3O3S/c1-4-28-15-9-10-20-16(13-15)14(2)21(29-20)23(27)26-19(11-12-30-3)22-24-17-7-5-6-8-18(17)25-22/h5-10,13,19H,4,11-12H2,1-3H3,(H,24,25)(H,26,27). The minimum atomic E-state index is -0.242. The van der Waals surface area contributed by atoms with Crippen LogP contribution < -0.4 is 10.1 Å². The van der Waals surface area contributed by atoms with E-state index in [1.165, 1.54) is 0 Å². The summed E-state index contributed by atoms with van der Waals surface area (Å²) < 4.78 is 11.5. The molecule has 1 unspecified atom stereocenters. The first-order valence-corrected chi connectivity index (χ1v) is 11.4. The molecule has 4 rings (SSSR count). The fourth-order valence-electron chi connectivity index (χ4n) is 3.55. The molecule has 156 valence electrons. The third-order valence-corrected chi connectivity index (χ3v) is 5.72. The number of H-pyrrole nitrogens is 1. The molecule has 30 heavy (non-hydrogen) atoms. The number of thioether (sulfide) groups is 1. The number of aromatic amines is 1. The number of amides is 1. The van der Waals surface area contributed by atoms with Crippen LogP contribution in [0.5, 0.6) is 5.75 Å². The molecule has 2 heterocycles. The molecule has 1 amide bonds. The number of aryl methyl sites for hydroxylation is 1. The monoisotopic (exact) mass is 423 g/mol. The van der Waals surface area contributed by atoms with E-state index in [2.05, 4.69) is 21.5 Å². The van der Waals surface area contributed by atoms with Crippen molar-refractivity contribution in [2.75, 3.05) is 18.6 Å². The highest BCUT2D eigenvalue weighted by atomic mass is 32.2. The van der Waals surface area contributed by atoms with Gasteiger partial charge in [0.2, 0.25) is 0 Å². The number of fused-ring (bicyclic) bond motifs is 2. The molecule has 2 aromatic carbocycles. The number of aromatic nitrogens is 2. The smallest absolute Gasteiger partial charge is 0.287 e. The molecule has 0 saturated carbocycles. The summed E-state index contributed by atoms with van der Waals surface area (Å²) in [6.07, 6.45) is 2.82. The highest BCUT2D eigenvalue weighted by molar-refractivity contribution is 7.98. The number of rotatable bonds is 8. The number of benzene rings is 2. The van der Waals surface area contributed by atoms with Gasteiger partial charge in [0.1, 0.15) is 17.2 Å². The molecule has 2 aromatic heterocycles. The number of nitrogens with one attached hydrogen (secondary N) is 2. The van der Waals surface area contributed by atoms with E-state index < -0.39 is 0 Å². The third kappa shape index (κ3) is 4.03. The van der Waals surface area contributed by atoms with Crippen LogP contribution in [-0.4, -0.2) is 34.5 Å². The van der Waals surface area contributed by atoms with Crippen LogP contribution in [0.1, 0.15) is 41.3 Å². The Balaban J connectivity index is 1.62. The van der Waals surface area contributed by atoms with Crippen LogP contribution >= 0.6 is 11.8 Å². The highest BCUT2D eigenvalue weighted by Crippen LogP contribution is 2.29. The Morgan fingerprint density at radius 3 is 2.90 bits per heavy atom. The fourth-order valence-corrected chi connectivity index (χ4v) is 4.02. The van der Waals surface area contributed by atoms with Gasteiger partial charge in [-0.1, -0.05) is 12.1 Å². The average Bonchev–Trinajstić information content (AvgIpc) is 3.32. The summed E-state index contributed by atoms with van der Waals surface area (Å²) in [7, 11) is 0. The van der Waals surface area contributed by atoms with Crippen LogP contribution in [0.3, 0.4) is 0 Å². The topological polar surface area (TPSA) is 80.2 Å². The summed E-state index contributed by atoms with van der Waals surface area (Å²) in [6, 6.07) is 13.2. The van der Waals surface area contributed by atoms with Gasteiger partial charge in [-0.25, -0.2) is 4.98 Å². The number of hydrogen-bond donors (Lipinski definition) is 2. The molecule has 0 spiro atoms. The molecule has 0 saturated heterocycles. The van der Waals surface area contributed by atoms with Crippen molar-refractivity contribution in [3.8, 4) is 5.75 Å². The number of carbonyl (C=O) groups is 1. The second-order valence-corrected chi connectivity index (χ2v) is 8.08. The number of ether oxygens (including phenoxy) is 1. The SMILES string of the molecule is CCOc1ccc2oc(C(=O)NC(CCSC)c3nc4ccccc4[nH]3)c(C)c2c1. The maximum Gasteiger partial charge on any atom is 0.287 e. The van der Waals surface area contributed by atoms with Gasteiger partial charge < -0.3 is 19.5 Å². The molecule has 0 fully saturated rings. The van der Waals surface area contributed by atoms with Crippen molar-refractivity contribution in [2.45, 2.75) is 26.3 Å². The zero-order valence-corrected chi connectivity index (χ0v) is 18.1. The summed E-state index contributed by atoms with van der Waals surface area (Å²) >= 11 is 1.74. The quantitative estimate of drug-likeness (QED) is 0.405. The molecule has 0 aliphatic carbocycles. The minimum absolute atomic E-state index is 0.232. The maximum atomic E-state index is 13.1. The van der Waals surface area contributed by atoms with Crippen LogP contribution in [0.4, 0.5) is 0 Å². The molecule has 6 nitrogen and oxygen atoms in total. The Morgan fingerprint density at radius 2 is 2.13 bits per heavy atom. The molecular formula is C23H25N3O3S. The normalized spacial score (nSPS) is 12.4. The molecular weight excluding hydrogens is 398 g/mol. The number of furan rings is 1. The van der Waals surface area contributed by atoms with Gasteiger partial charge in [0.15, 0.2) is 5.76 Å². The maximum absolute atomic E-state index is 13.1. The second kappa shape index (κ2) is 8.83. The predicted octanol–water partition coefficient (Wildman–Crippen LogP) is 5.24. The summed E-state index contributed by atoms with van der Waals surface area (Å²) in [5.41, 5.74) is 3.32. The van der Waals surface area contributed by atoms with Gasteiger partial charge in [0.05, 0.1) is 23.7 Å². The van der Waals surface area contributed by atoms with E-state index >= 15 is 0 Å².